The first-order valence-corrected chi connectivity index (χ1v) is 9.29. The highest BCUT2D eigenvalue weighted by Gasteiger charge is 2.36. The summed E-state index contributed by atoms with van der Waals surface area (Å²) in [7, 11) is 0. The summed E-state index contributed by atoms with van der Waals surface area (Å²) in [4.78, 5) is 37.5. The zero-order valence-corrected chi connectivity index (χ0v) is 15.7. The number of hydrogen-bond donors (Lipinski definition) is 2. The summed E-state index contributed by atoms with van der Waals surface area (Å²) in [6, 6.07) is 5.78. The fourth-order valence-corrected chi connectivity index (χ4v) is 3.66. The zero-order valence-electron chi connectivity index (χ0n) is 14.9. The summed E-state index contributed by atoms with van der Waals surface area (Å²) in [5.41, 5.74) is 1.66. The van der Waals surface area contributed by atoms with E-state index in [0.717, 1.165) is 5.56 Å². The number of rotatable bonds is 4. The summed E-state index contributed by atoms with van der Waals surface area (Å²) < 4.78 is 0. The lowest BCUT2D eigenvalue weighted by Crippen LogP contribution is -2.51. The smallest absolute Gasteiger partial charge is 0.325 e. The van der Waals surface area contributed by atoms with E-state index in [-0.39, 0.29) is 11.3 Å². The van der Waals surface area contributed by atoms with Crippen molar-refractivity contribution in [2.75, 3.05) is 11.6 Å². The minimum atomic E-state index is -1.10. The fraction of sp³-hybridized carbons (Fsp3) is 0.500. The normalized spacial score (nSPS) is 18.7. The monoisotopic (exact) mass is 364 g/mol. The highest BCUT2D eigenvalue weighted by Crippen LogP contribution is 2.26. The van der Waals surface area contributed by atoms with Gasteiger partial charge in [-0.15, -0.1) is 11.8 Å². The van der Waals surface area contributed by atoms with Gasteiger partial charge in [0, 0.05) is 11.3 Å². The Morgan fingerprint density at radius 1 is 1.24 bits per heavy atom. The third-order valence-electron chi connectivity index (χ3n) is 4.17. The molecule has 136 valence electrons. The Hall–Kier alpha value is -2.02. The van der Waals surface area contributed by atoms with E-state index in [1.54, 1.807) is 12.1 Å². The van der Waals surface area contributed by atoms with E-state index in [2.05, 4.69) is 26.1 Å². The minimum Gasteiger partial charge on any atom is -0.480 e. The second-order valence-electron chi connectivity index (χ2n) is 7.19. The molecule has 1 aliphatic heterocycles. The Labute approximate surface area is 152 Å². The number of hydrogen-bond acceptors (Lipinski definition) is 4. The Kier molecular flexibility index (Phi) is 5.77. The first-order chi connectivity index (χ1) is 11.6. The predicted octanol–water partition coefficient (Wildman–Crippen LogP) is 2.09. The maximum Gasteiger partial charge on any atom is 0.325 e. The average Bonchev–Trinajstić information content (AvgIpc) is 3.03. The summed E-state index contributed by atoms with van der Waals surface area (Å²) in [5, 5.41) is 11.4. The lowest BCUT2D eigenvalue weighted by atomic mass is 9.86. The topological polar surface area (TPSA) is 86.7 Å². The van der Waals surface area contributed by atoms with E-state index < -0.39 is 24.0 Å². The van der Waals surface area contributed by atoms with Gasteiger partial charge in [0.1, 0.15) is 12.1 Å². The number of carboxylic acid groups (broad SMARTS) is 1. The molecular weight excluding hydrogens is 340 g/mol. The van der Waals surface area contributed by atoms with Crippen molar-refractivity contribution in [3.8, 4) is 0 Å². The van der Waals surface area contributed by atoms with Gasteiger partial charge in [0.25, 0.3) is 5.91 Å². The van der Waals surface area contributed by atoms with Gasteiger partial charge in [-0.3, -0.25) is 14.4 Å². The van der Waals surface area contributed by atoms with Crippen molar-refractivity contribution in [2.45, 2.75) is 45.2 Å². The van der Waals surface area contributed by atoms with Crippen LogP contribution in [-0.2, 0) is 15.0 Å². The Bertz CT molecular complexity index is 667. The quantitative estimate of drug-likeness (QED) is 0.854. The van der Waals surface area contributed by atoms with Gasteiger partial charge in [-0.25, -0.2) is 0 Å². The van der Waals surface area contributed by atoms with E-state index in [0.29, 0.717) is 17.2 Å². The van der Waals surface area contributed by atoms with E-state index >= 15 is 0 Å². The van der Waals surface area contributed by atoms with Gasteiger partial charge in [0.15, 0.2) is 0 Å². The lowest BCUT2D eigenvalue weighted by Gasteiger charge is -2.24. The van der Waals surface area contributed by atoms with Crippen LogP contribution in [-0.4, -0.2) is 51.5 Å². The molecule has 0 saturated carbocycles. The van der Waals surface area contributed by atoms with Gasteiger partial charge < -0.3 is 15.3 Å². The molecule has 1 aromatic carbocycles. The first-order valence-electron chi connectivity index (χ1n) is 8.13. The largest absolute Gasteiger partial charge is 0.480 e. The zero-order chi connectivity index (χ0) is 18.8. The minimum absolute atomic E-state index is 0.000462. The SMILES string of the molecule is CC(NC(=O)C1CSCN1C(=O)c1ccc(C(C)(C)C)cc1)C(=O)O. The Morgan fingerprint density at radius 2 is 1.84 bits per heavy atom. The van der Waals surface area contributed by atoms with Gasteiger partial charge >= 0.3 is 5.97 Å². The van der Waals surface area contributed by atoms with Crippen LogP contribution in [0.25, 0.3) is 0 Å². The van der Waals surface area contributed by atoms with Crippen molar-refractivity contribution in [2.24, 2.45) is 0 Å². The van der Waals surface area contributed by atoms with Crippen LogP contribution in [0.15, 0.2) is 24.3 Å². The highest BCUT2D eigenvalue weighted by atomic mass is 32.2. The van der Waals surface area contributed by atoms with Crippen LogP contribution >= 0.6 is 11.8 Å². The lowest BCUT2D eigenvalue weighted by molar-refractivity contribution is -0.141. The molecule has 2 amide bonds. The molecule has 2 N–H and O–H groups in total. The number of carboxylic acids is 1. The predicted molar refractivity (Wildman–Crippen MR) is 97.7 cm³/mol. The molecule has 0 radical (unpaired) electrons. The van der Waals surface area contributed by atoms with E-state index in [1.807, 2.05) is 12.1 Å². The van der Waals surface area contributed by atoms with Gasteiger partial charge in [-0.05, 0) is 30.0 Å². The third kappa shape index (κ3) is 4.54. The number of carbonyl (C=O) groups excluding carboxylic acids is 2. The number of aliphatic carboxylic acids is 1. The number of carbonyl (C=O) groups is 3. The Balaban J connectivity index is 2.12. The van der Waals surface area contributed by atoms with Crippen LogP contribution in [0.1, 0.15) is 43.6 Å². The van der Waals surface area contributed by atoms with Gasteiger partial charge in [-0.2, -0.15) is 0 Å². The molecule has 2 atom stereocenters. The van der Waals surface area contributed by atoms with Crippen molar-refractivity contribution in [1.82, 2.24) is 10.2 Å². The van der Waals surface area contributed by atoms with Crippen LogP contribution in [0.5, 0.6) is 0 Å². The fourth-order valence-electron chi connectivity index (χ4n) is 2.51. The number of thioether (sulfide) groups is 1. The molecule has 7 heteroatoms. The molecule has 1 fully saturated rings. The molecule has 2 unspecified atom stereocenters. The van der Waals surface area contributed by atoms with Gasteiger partial charge in [0.2, 0.25) is 5.91 Å². The maximum atomic E-state index is 12.8. The molecule has 1 aliphatic rings. The van der Waals surface area contributed by atoms with E-state index in [1.165, 1.54) is 23.6 Å². The van der Waals surface area contributed by atoms with Crippen LogP contribution in [0, 0.1) is 0 Å². The number of nitrogens with zero attached hydrogens (tertiary/aromatic N) is 1. The molecule has 25 heavy (non-hydrogen) atoms. The molecule has 2 rings (SSSR count). The molecule has 0 aromatic heterocycles. The number of nitrogens with one attached hydrogen (secondary N) is 1. The summed E-state index contributed by atoms with van der Waals surface area (Å²) in [6.07, 6.45) is 0. The average molecular weight is 364 g/mol. The van der Waals surface area contributed by atoms with Crippen LogP contribution < -0.4 is 5.32 Å². The Morgan fingerprint density at radius 3 is 2.36 bits per heavy atom. The second kappa shape index (κ2) is 7.47. The van der Waals surface area contributed by atoms with Gasteiger partial charge in [-0.1, -0.05) is 32.9 Å². The standard InChI is InChI=1S/C18H24N2O4S/c1-11(17(23)24)19-15(21)14-9-25-10-20(14)16(22)12-5-7-13(8-6-12)18(2,3)4/h5-8,11,14H,9-10H2,1-4H3,(H,19,21)(H,23,24). The highest BCUT2D eigenvalue weighted by molar-refractivity contribution is 7.99. The van der Waals surface area contributed by atoms with Crippen molar-refractivity contribution in [3.05, 3.63) is 35.4 Å². The van der Waals surface area contributed by atoms with E-state index in [9.17, 15) is 14.4 Å². The van der Waals surface area contributed by atoms with Crippen LogP contribution in [0.2, 0.25) is 0 Å². The molecule has 0 aliphatic carbocycles. The molecule has 1 saturated heterocycles. The van der Waals surface area contributed by atoms with Gasteiger partial charge in [0.05, 0.1) is 5.88 Å². The summed E-state index contributed by atoms with van der Waals surface area (Å²) >= 11 is 1.48. The molecular formula is C18H24N2O4S. The maximum absolute atomic E-state index is 12.8. The molecule has 1 aromatic rings. The summed E-state index contributed by atoms with van der Waals surface area (Å²) in [6.45, 7) is 7.71. The van der Waals surface area contributed by atoms with Crippen molar-refractivity contribution in [1.29, 1.82) is 0 Å². The second-order valence-corrected chi connectivity index (χ2v) is 8.19. The van der Waals surface area contributed by atoms with Crippen LogP contribution in [0.3, 0.4) is 0 Å². The summed E-state index contributed by atoms with van der Waals surface area (Å²) in [5.74, 6) is -0.869. The molecule has 6 nitrogen and oxygen atoms in total. The molecule has 0 spiro atoms. The van der Waals surface area contributed by atoms with Crippen molar-refractivity contribution >= 4 is 29.5 Å². The third-order valence-corrected chi connectivity index (χ3v) is 5.19. The van der Waals surface area contributed by atoms with E-state index in [4.69, 9.17) is 5.11 Å². The van der Waals surface area contributed by atoms with Crippen LogP contribution in [0.4, 0.5) is 0 Å². The molecule has 0 bridgehead atoms. The first kappa shape index (κ1) is 19.3. The van der Waals surface area contributed by atoms with Crippen molar-refractivity contribution < 1.29 is 19.5 Å². The number of amides is 2. The van der Waals surface area contributed by atoms with Crippen molar-refractivity contribution in [3.63, 3.8) is 0 Å². The number of benzene rings is 1. The molecule has 1 heterocycles.